The van der Waals surface area contributed by atoms with Crippen LogP contribution in [0.3, 0.4) is 0 Å². The number of aryl methyl sites for hydroxylation is 2. The molecule has 0 bridgehead atoms. The molecular weight excluding hydrogens is 384 g/mol. The van der Waals surface area contributed by atoms with E-state index in [1.807, 2.05) is 43.0 Å². The van der Waals surface area contributed by atoms with Crippen LogP contribution in [0.2, 0.25) is 0 Å². The molecule has 1 saturated carbocycles. The lowest BCUT2D eigenvalue weighted by Gasteiger charge is -2.35. The lowest BCUT2D eigenvalue weighted by Crippen LogP contribution is -2.42. The summed E-state index contributed by atoms with van der Waals surface area (Å²) in [5.74, 6) is 2.69. The van der Waals surface area contributed by atoms with Gasteiger partial charge in [-0.1, -0.05) is 0 Å². The molecule has 3 aliphatic rings. The summed E-state index contributed by atoms with van der Waals surface area (Å²) in [6, 6.07) is 9.16. The number of fused-ring (bicyclic) bond motifs is 2. The van der Waals surface area contributed by atoms with Gasteiger partial charge < -0.3 is 24.2 Å². The highest BCUT2D eigenvalue weighted by atomic mass is 16.7. The number of aliphatic hydroxyl groups is 1. The predicted octanol–water partition coefficient (Wildman–Crippen LogP) is 2.72. The molecule has 1 aromatic carbocycles. The molecule has 2 aliphatic heterocycles. The maximum atomic E-state index is 13.0. The number of benzene rings is 1. The summed E-state index contributed by atoms with van der Waals surface area (Å²) in [6.07, 6.45) is 0.500. The Hall–Kier alpha value is -2.80. The van der Waals surface area contributed by atoms with E-state index >= 15 is 0 Å². The highest BCUT2D eigenvalue weighted by Crippen LogP contribution is 2.40. The van der Waals surface area contributed by atoms with Crippen molar-refractivity contribution in [3.63, 3.8) is 0 Å². The third-order valence-corrected chi connectivity index (χ3v) is 6.33. The van der Waals surface area contributed by atoms with Crippen LogP contribution in [-0.2, 0) is 0 Å². The first-order valence-corrected chi connectivity index (χ1v) is 10.4. The Labute approximate surface area is 175 Å². The number of rotatable bonds is 3. The largest absolute Gasteiger partial charge is 0.488 e. The van der Waals surface area contributed by atoms with Crippen LogP contribution >= 0.6 is 0 Å². The van der Waals surface area contributed by atoms with Crippen molar-refractivity contribution in [3.05, 3.63) is 47.3 Å². The minimum Gasteiger partial charge on any atom is -0.488 e. The maximum absolute atomic E-state index is 13.0. The zero-order chi connectivity index (χ0) is 20.8. The van der Waals surface area contributed by atoms with E-state index in [0.717, 1.165) is 17.8 Å². The SMILES string of the molecule is Cc1cc(C(=O)N2C[C@H]3C[C@@H](Oc4ccc5c(c4)OCO5)[C@H](O)C[C@H]3C2)cc(C)n1. The summed E-state index contributed by atoms with van der Waals surface area (Å²) in [5.41, 5.74) is 2.39. The van der Waals surface area contributed by atoms with Crippen LogP contribution in [0.15, 0.2) is 30.3 Å². The number of likely N-dealkylation sites (tertiary alicyclic amines) is 1. The summed E-state index contributed by atoms with van der Waals surface area (Å²) < 4.78 is 16.9. The number of aromatic nitrogens is 1. The summed E-state index contributed by atoms with van der Waals surface area (Å²) in [4.78, 5) is 19.3. The van der Waals surface area contributed by atoms with E-state index in [9.17, 15) is 9.90 Å². The van der Waals surface area contributed by atoms with Gasteiger partial charge in [0.15, 0.2) is 11.5 Å². The minimum atomic E-state index is -0.558. The van der Waals surface area contributed by atoms with Crippen LogP contribution in [-0.4, -0.2) is 53.0 Å². The Kier molecular flexibility index (Phi) is 4.77. The molecule has 0 radical (unpaired) electrons. The van der Waals surface area contributed by atoms with Gasteiger partial charge in [0.2, 0.25) is 6.79 Å². The molecule has 4 atom stereocenters. The van der Waals surface area contributed by atoms with Gasteiger partial charge in [0.25, 0.3) is 5.91 Å². The first-order chi connectivity index (χ1) is 14.5. The third-order valence-electron chi connectivity index (χ3n) is 6.33. The van der Waals surface area contributed by atoms with E-state index in [4.69, 9.17) is 14.2 Å². The molecular formula is C23H26N2O5. The number of ether oxygens (including phenoxy) is 3. The van der Waals surface area contributed by atoms with Crippen LogP contribution in [0.5, 0.6) is 17.2 Å². The Balaban J connectivity index is 1.26. The van der Waals surface area contributed by atoms with Gasteiger partial charge in [0.05, 0.1) is 6.10 Å². The van der Waals surface area contributed by atoms with Gasteiger partial charge in [0.1, 0.15) is 11.9 Å². The van der Waals surface area contributed by atoms with Gasteiger partial charge in [-0.05, 0) is 62.8 Å². The monoisotopic (exact) mass is 410 g/mol. The summed E-state index contributed by atoms with van der Waals surface area (Å²) in [6.45, 7) is 5.40. The first-order valence-electron chi connectivity index (χ1n) is 10.4. The van der Waals surface area contributed by atoms with Crippen molar-refractivity contribution in [2.45, 2.75) is 38.9 Å². The van der Waals surface area contributed by atoms with Crippen molar-refractivity contribution in [3.8, 4) is 17.2 Å². The molecule has 0 unspecified atom stereocenters. The van der Waals surface area contributed by atoms with E-state index in [0.29, 0.717) is 54.2 Å². The van der Waals surface area contributed by atoms with Crippen molar-refractivity contribution >= 4 is 5.91 Å². The lowest BCUT2D eigenvalue weighted by molar-refractivity contribution is -0.0232. The van der Waals surface area contributed by atoms with E-state index < -0.39 is 6.10 Å². The normalized spacial score (nSPS) is 27.1. The van der Waals surface area contributed by atoms with Crippen LogP contribution in [0.1, 0.15) is 34.6 Å². The number of hydrogen-bond acceptors (Lipinski definition) is 6. The zero-order valence-corrected chi connectivity index (χ0v) is 17.2. The van der Waals surface area contributed by atoms with Gasteiger partial charge in [-0.15, -0.1) is 0 Å². The van der Waals surface area contributed by atoms with E-state index in [1.54, 1.807) is 6.07 Å². The van der Waals surface area contributed by atoms with Crippen molar-refractivity contribution in [2.75, 3.05) is 19.9 Å². The Morgan fingerprint density at radius 1 is 1.07 bits per heavy atom. The predicted molar refractivity (Wildman–Crippen MR) is 109 cm³/mol. The second kappa shape index (κ2) is 7.47. The number of carbonyl (C=O) groups is 1. The van der Waals surface area contributed by atoms with Crippen molar-refractivity contribution < 1.29 is 24.1 Å². The smallest absolute Gasteiger partial charge is 0.254 e. The van der Waals surface area contributed by atoms with Crippen molar-refractivity contribution in [2.24, 2.45) is 11.8 Å². The molecule has 7 nitrogen and oxygen atoms in total. The van der Waals surface area contributed by atoms with Gasteiger partial charge in [-0.3, -0.25) is 9.78 Å². The molecule has 2 aromatic rings. The van der Waals surface area contributed by atoms with Gasteiger partial charge in [-0.25, -0.2) is 0 Å². The number of aliphatic hydroxyl groups excluding tert-OH is 1. The maximum Gasteiger partial charge on any atom is 0.254 e. The average molecular weight is 410 g/mol. The summed E-state index contributed by atoms with van der Waals surface area (Å²) >= 11 is 0. The fourth-order valence-electron chi connectivity index (χ4n) is 4.95. The fraction of sp³-hybridized carbons (Fsp3) is 0.478. The minimum absolute atomic E-state index is 0.0423. The Morgan fingerprint density at radius 3 is 2.53 bits per heavy atom. The molecule has 30 heavy (non-hydrogen) atoms. The summed E-state index contributed by atoms with van der Waals surface area (Å²) in [7, 11) is 0. The second-order valence-corrected chi connectivity index (χ2v) is 8.58. The van der Waals surface area contributed by atoms with Crippen molar-refractivity contribution in [1.82, 2.24) is 9.88 Å². The number of carbonyl (C=O) groups excluding carboxylic acids is 1. The molecule has 158 valence electrons. The second-order valence-electron chi connectivity index (χ2n) is 8.58. The fourth-order valence-corrected chi connectivity index (χ4v) is 4.95. The number of hydrogen-bond donors (Lipinski definition) is 1. The molecule has 1 saturated heterocycles. The molecule has 1 N–H and O–H groups in total. The molecule has 1 amide bonds. The molecule has 1 aromatic heterocycles. The molecule has 1 aliphatic carbocycles. The van der Waals surface area contributed by atoms with E-state index in [-0.39, 0.29) is 18.8 Å². The summed E-state index contributed by atoms with van der Waals surface area (Å²) in [5, 5.41) is 10.7. The van der Waals surface area contributed by atoms with Crippen molar-refractivity contribution in [1.29, 1.82) is 0 Å². The van der Waals surface area contributed by atoms with E-state index in [2.05, 4.69) is 4.98 Å². The molecule has 5 rings (SSSR count). The standard InChI is InChI=1S/C23H26N2O5/c1-13-5-15(6-14(2)24-13)23(27)25-10-16-7-19(26)21(8-17(16)11-25)30-18-3-4-20-22(9-18)29-12-28-20/h3-6,9,16-17,19,21,26H,7-8,10-12H2,1-2H3/t16-,17+,19+,21+/m0/s1. The lowest BCUT2D eigenvalue weighted by atomic mass is 9.78. The zero-order valence-electron chi connectivity index (χ0n) is 17.2. The van der Waals surface area contributed by atoms with Crippen LogP contribution in [0.4, 0.5) is 0 Å². The molecule has 0 spiro atoms. The number of nitrogens with zero attached hydrogens (tertiary/aromatic N) is 2. The third kappa shape index (κ3) is 3.58. The number of amides is 1. The highest BCUT2D eigenvalue weighted by Gasteiger charge is 2.44. The Bertz CT molecular complexity index is 958. The van der Waals surface area contributed by atoms with Crippen LogP contribution < -0.4 is 14.2 Å². The average Bonchev–Trinajstić information content (AvgIpc) is 3.33. The van der Waals surface area contributed by atoms with Gasteiger partial charge in [0, 0.05) is 36.1 Å². The quantitative estimate of drug-likeness (QED) is 0.838. The molecule has 3 heterocycles. The van der Waals surface area contributed by atoms with Gasteiger partial charge >= 0.3 is 0 Å². The Morgan fingerprint density at radius 2 is 1.77 bits per heavy atom. The first kappa shape index (κ1) is 19.2. The van der Waals surface area contributed by atoms with Crippen LogP contribution in [0, 0.1) is 25.7 Å². The molecule has 2 fully saturated rings. The number of pyridine rings is 1. The molecule has 7 heteroatoms. The van der Waals surface area contributed by atoms with E-state index in [1.165, 1.54) is 0 Å². The van der Waals surface area contributed by atoms with Gasteiger partial charge in [-0.2, -0.15) is 0 Å². The topological polar surface area (TPSA) is 81.1 Å². The highest BCUT2D eigenvalue weighted by molar-refractivity contribution is 5.94. The van der Waals surface area contributed by atoms with Crippen LogP contribution in [0.25, 0.3) is 0 Å².